The highest BCUT2D eigenvalue weighted by atomic mass is 16.4. The molecule has 19 heavy (non-hydrogen) atoms. The summed E-state index contributed by atoms with van der Waals surface area (Å²) in [6.07, 6.45) is 6.87. The van der Waals surface area contributed by atoms with Gasteiger partial charge in [-0.1, -0.05) is 12.8 Å². The zero-order valence-corrected chi connectivity index (χ0v) is 10.8. The van der Waals surface area contributed by atoms with Crippen molar-refractivity contribution in [3.63, 3.8) is 0 Å². The van der Waals surface area contributed by atoms with E-state index in [0.29, 0.717) is 18.7 Å². The summed E-state index contributed by atoms with van der Waals surface area (Å²) in [7, 11) is 0. The molecule has 0 radical (unpaired) electrons. The van der Waals surface area contributed by atoms with Crippen molar-refractivity contribution in [2.75, 3.05) is 11.9 Å². The first kappa shape index (κ1) is 15.1. The summed E-state index contributed by atoms with van der Waals surface area (Å²) in [4.78, 5) is 26.1. The van der Waals surface area contributed by atoms with Crippen molar-refractivity contribution in [2.45, 2.75) is 32.1 Å². The Morgan fingerprint density at radius 3 is 2.63 bits per heavy atom. The standard InChI is InChI=1S/C13H19N3O3/c14-6-4-2-1-3-5-12(17)16-11-7-10(13(18)19)8-15-9-11/h7-9H,1-6,14H2,(H,16,17)(H,18,19). The highest BCUT2D eigenvalue weighted by Gasteiger charge is 2.06. The highest BCUT2D eigenvalue weighted by Crippen LogP contribution is 2.10. The molecule has 0 saturated heterocycles. The number of anilines is 1. The quantitative estimate of drug-likeness (QED) is 0.619. The third kappa shape index (κ3) is 5.96. The number of carboxylic acid groups (broad SMARTS) is 1. The fraction of sp³-hybridized carbons (Fsp3) is 0.462. The Kier molecular flexibility index (Phi) is 6.52. The Balaban J connectivity index is 2.35. The van der Waals surface area contributed by atoms with Gasteiger partial charge >= 0.3 is 5.97 Å². The van der Waals surface area contributed by atoms with Gasteiger partial charge in [-0.15, -0.1) is 0 Å². The Bertz CT molecular complexity index is 435. The van der Waals surface area contributed by atoms with Gasteiger partial charge in [0.25, 0.3) is 0 Å². The normalized spacial score (nSPS) is 10.2. The third-order valence-electron chi connectivity index (χ3n) is 2.63. The number of rotatable bonds is 8. The number of nitrogens with one attached hydrogen (secondary N) is 1. The van der Waals surface area contributed by atoms with Crippen LogP contribution in [-0.2, 0) is 4.79 Å². The number of unbranched alkanes of at least 4 members (excludes halogenated alkanes) is 3. The summed E-state index contributed by atoms with van der Waals surface area (Å²) < 4.78 is 0. The minimum atomic E-state index is -1.06. The monoisotopic (exact) mass is 265 g/mol. The number of carbonyl (C=O) groups excluding carboxylic acids is 1. The van der Waals surface area contributed by atoms with Crippen LogP contribution >= 0.6 is 0 Å². The second-order valence-electron chi connectivity index (χ2n) is 4.27. The van der Waals surface area contributed by atoms with Crippen molar-refractivity contribution in [1.29, 1.82) is 0 Å². The summed E-state index contributed by atoms with van der Waals surface area (Å²) in [5.41, 5.74) is 5.84. The van der Waals surface area contributed by atoms with Crippen LogP contribution in [-0.4, -0.2) is 28.5 Å². The van der Waals surface area contributed by atoms with E-state index in [1.807, 2.05) is 0 Å². The van der Waals surface area contributed by atoms with E-state index in [4.69, 9.17) is 10.8 Å². The Labute approximate surface area is 112 Å². The predicted molar refractivity (Wildman–Crippen MR) is 72.0 cm³/mol. The lowest BCUT2D eigenvalue weighted by atomic mass is 10.1. The molecular formula is C13H19N3O3. The van der Waals surface area contributed by atoms with Crippen LogP contribution in [0.1, 0.15) is 42.5 Å². The molecule has 0 saturated carbocycles. The number of pyridine rings is 1. The largest absolute Gasteiger partial charge is 0.478 e. The highest BCUT2D eigenvalue weighted by molar-refractivity contribution is 5.93. The van der Waals surface area contributed by atoms with Crippen molar-refractivity contribution in [1.82, 2.24) is 4.98 Å². The maximum Gasteiger partial charge on any atom is 0.337 e. The van der Waals surface area contributed by atoms with E-state index in [1.54, 1.807) is 0 Å². The van der Waals surface area contributed by atoms with Gasteiger partial charge < -0.3 is 16.2 Å². The van der Waals surface area contributed by atoms with Crippen LogP contribution in [0.2, 0.25) is 0 Å². The molecule has 0 aliphatic carbocycles. The van der Waals surface area contributed by atoms with E-state index >= 15 is 0 Å². The molecule has 0 aromatic carbocycles. The molecule has 1 aromatic heterocycles. The molecule has 1 amide bonds. The minimum Gasteiger partial charge on any atom is -0.478 e. The van der Waals surface area contributed by atoms with E-state index < -0.39 is 5.97 Å². The van der Waals surface area contributed by atoms with Gasteiger partial charge in [-0.25, -0.2) is 4.79 Å². The van der Waals surface area contributed by atoms with Crippen molar-refractivity contribution in [3.8, 4) is 0 Å². The number of hydrogen-bond donors (Lipinski definition) is 3. The summed E-state index contributed by atoms with van der Waals surface area (Å²) >= 11 is 0. The number of nitrogens with zero attached hydrogens (tertiary/aromatic N) is 1. The second kappa shape index (κ2) is 8.20. The fourth-order valence-corrected chi connectivity index (χ4v) is 1.63. The van der Waals surface area contributed by atoms with Gasteiger partial charge in [0.2, 0.25) is 5.91 Å². The molecule has 104 valence electrons. The van der Waals surface area contributed by atoms with Gasteiger partial charge in [-0.05, 0) is 25.5 Å². The van der Waals surface area contributed by atoms with E-state index in [-0.39, 0.29) is 11.5 Å². The lowest BCUT2D eigenvalue weighted by Gasteiger charge is -2.05. The first-order valence-electron chi connectivity index (χ1n) is 6.31. The Hall–Kier alpha value is -1.95. The molecule has 6 nitrogen and oxygen atoms in total. The van der Waals surface area contributed by atoms with E-state index in [9.17, 15) is 9.59 Å². The molecule has 0 unspecified atom stereocenters. The number of aromatic carboxylic acids is 1. The minimum absolute atomic E-state index is 0.0562. The molecule has 0 aliphatic heterocycles. The zero-order valence-electron chi connectivity index (χ0n) is 10.8. The van der Waals surface area contributed by atoms with Crippen LogP contribution in [0.3, 0.4) is 0 Å². The van der Waals surface area contributed by atoms with Crippen molar-refractivity contribution >= 4 is 17.6 Å². The molecule has 1 heterocycles. The van der Waals surface area contributed by atoms with Crippen LogP contribution in [0.4, 0.5) is 5.69 Å². The van der Waals surface area contributed by atoms with Gasteiger partial charge in [-0.2, -0.15) is 0 Å². The van der Waals surface area contributed by atoms with Gasteiger partial charge in [0.15, 0.2) is 0 Å². The average Bonchev–Trinajstić information content (AvgIpc) is 2.38. The molecule has 0 fully saturated rings. The van der Waals surface area contributed by atoms with Crippen LogP contribution < -0.4 is 11.1 Å². The number of carboxylic acids is 1. The van der Waals surface area contributed by atoms with Gasteiger partial charge in [0, 0.05) is 12.6 Å². The van der Waals surface area contributed by atoms with Crippen LogP contribution in [0.25, 0.3) is 0 Å². The number of aromatic nitrogens is 1. The van der Waals surface area contributed by atoms with Gasteiger partial charge in [0.1, 0.15) is 0 Å². The lowest BCUT2D eigenvalue weighted by molar-refractivity contribution is -0.116. The number of nitrogens with two attached hydrogens (primary N) is 1. The SMILES string of the molecule is NCCCCCCC(=O)Nc1cncc(C(=O)O)c1. The predicted octanol–water partition coefficient (Wildman–Crippen LogP) is 1.63. The summed E-state index contributed by atoms with van der Waals surface area (Å²) in [5, 5.41) is 11.4. The molecule has 6 heteroatoms. The van der Waals surface area contributed by atoms with E-state index in [0.717, 1.165) is 25.7 Å². The maximum absolute atomic E-state index is 11.6. The second-order valence-corrected chi connectivity index (χ2v) is 4.27. The topological polar surface area (TPSA) is 105 Å². The molecule has 4 N–H and O–H groups in total. The molecule has 0 spiro atoms. The summed E-state index contributed by atoms with van der Waals surface area (Å²) in [6, 6.07) is 1.39. The van der Waals surface area contributed by atoms with Crippen LogP contribution in [0.5, 0.6) is 0 Å². The first-order chi connectivity index (χ1) is 9.13. The smallest absolute Gasteiger partial charge is 0.337 e. The van der Waals surface area contributed by atoms with Crippen molar-refractivity contribution in [2.24, 2.45) is 5.73 Å². The van der Waals surface area contributed by atoms with Gasteiger partial charge in [0.05, 0.1) is 17.4 Å². The van der Waals surface area contributed by atoms with E-state index in [1.165, 1.54) is 18.5 Å². The molecule has 0 atom stereocenters. The van der Waals surface area contributed by atoms with Crippen molar-refractivity contribution in [3.05, 3.63) is 24.0 Å². The van der Waals surface area contributed by atoms with Gasteiger partial charge in [-0.3, -0.25) is 9.78 Å². The zero-order chi connectivity index (χ0) is 14.1. The van der Waals surface area contributed by atoms with Crippen LogP contribution in [0, 0.1) is 0 Å². The lowest BCUT2D eigenvalue weighted by Crippen LogP contribution is -2.12. The number of amides is 1. The Morgan fingerprint density at radius 1 is 1.21 bits per heavy atom. The first-order valence-corrected chi connectivity index (χ1v) is 6.31. The average molecular weight is 265 g/mol. The number of hydrogen-bond acceptors (Lipinski definition) is 4. The van der Waals surface area contributed by atoms with E-state index in [2.05, 4.69) is 10.3 Å². The third-order valence-corrected chi connectivity index (χ3v) is 2.63. The Morgan fingerprint density at radius 2 is 1.95 bits per heavy atom. The maximum atomic E-state index is 11.6. The number of carbonyl (C=O) groups is 2. The molecule has 1 rings (SSSR count). The summed E-state index contributed by atoms with van der Waals surface area (Å²) in [6.45, 7) is 0.680. The molecule has 1 aromatic rings. The fourth-order valence-electron chi connectivity index (χ4n) is 1.63. The van der Waals surface area contributed by atoms with Crippen LogP contribution in [0.15, 0.2) is 18.5 Å². The molecular weight excluding hydrogens is 246 g/mol. The van der Waals surface area contributed by atoms with Crippen molar-refractivity contribution < 1.29 is 14.7 Å². The molecule has 0 bridgehead atoms. The summed E-state index contributed by atoms with van der Waals surface area (Å²) in [5.74, 6) is -1.19. The molecule has 0 aliphatic rings.